The Balaban J connectivity index is 1.68. The first kappa shape index (κ1) is 15.2. The predicted octanol–water partition coefficient (Wildman–Crippen LogP) is 5.68. The quantitative estimate of drug-likeness (QED) is 0.332. The molecule has 3 heterocycles. The van der Waals surface area contributed by atoms with Gasteiger partial charge in [-0.1, -0.05) is 40.2 Å². The van der Waals surface area contributed by atoms with Crippen LogP contribution < -0.4 is 0 Å². The molecule has 0 bridgehead atoms. The summed E-state index contributed by atoms with van der Waals surface area (Å²) in [5.41, 5.74) is 6.38. The SMILES string of the molecule is [C-]#[N+]c1ccc(-c2cc3n(c2)Cc2cc(Br)ccc2-n2ccnc2-3)cc1. The van der Waals surface area contributed by atoms with Crippen LogP contribution in [0.1, 0.15) is 5.56 Å². The highest BCUT2D eigenvalue weighted by atomic mass is 79.9. The Morgan fingerprint density at radius 3 is 2.69 bits per heavy atom. The average molecular weight is 401 g/mol. The minimum absolute atomic E-state index is 0.656. The first-order chi connectivity index (χ1) is 12.7. The Morgan fingerprint density at radius 2 is 1.88 bits per heavy atom. The van der Waals surface area contributed by atoms with Crippen molar-refractivity contribution in [1.82, 2.24) is 14.1 Å². The molecule has 0 saturated heterocycles. The van der Waals surface area contributed by atoms with Crippen molar-refractivity contribution in [1.29, 1.82) is 0 Å². The molecule has 4 nitrogen and oxygen atoms in total. The summed E-state index contributed by atoms with van der Waals surface area (Å²) in [5.74, 6) is 0.940. The van der Waals surface area contributed by atoms with Gasteiger partial charge in [0.05, 0.1) is 18.0 Å². The Hall–Kier alpha value is -3.10. The third-order valence-corrected chi connectivity index (χ3v) is 5.23. The molecule has 0 amide bonds. The predicted molar refractivity (Wildman–Crippen MR) is 105 cm³/mol. The molecule has 0 N–H and O–H groups in total. The Morgan fingerprint density at radius 1 is 1.04 bits per heavy atom. The highest BCUT2D eigenvalue weighted by Gasteiger charge is 2.21. The number of halogens is 1. The van der Waals surface area contributed by atoms with Crippen molar-refractivity contribution in [2.75, 3.05) is 0 Å². The fourth-order valence-electron chi connectivity index (χ4n) is 3.50. The summed E-state index contributed by atoms with van der Waals surface area (Å²) in [5, 5.41) is 0. The third-order valence-electron chi connectivity index (χ3n) is 4.74. The molecule has 1 aliphatic rings. The molecule has 2 aromatic carbocycles. The first-order valence-corrected chi connectivity index (χ1v) is 9.03. The number of hydrogen-bond donors (Lipinski definition) is 0. The second-order valence-electron chi connectivity index (χ2n) is 6.29. The highest BCUT2D eigenvalue weighted by molar-refractivity contribution is 9.10. The van der Waals surface area contributed by atoms with E-state index in [1.807, 2.05) is 36.7 Å². The van der Waals surface area contributed by atoms with Gasteiger partial charge >= 0.3 is 0 Å². The smallest absolute Gasteiger partial charge is 0.187 e. The van der Waals surface area contributed by atoms with Gasteiger partial charge in [-0.2, -0.15) is 0 Å². The van der Waals surface area contributed by atoms with Crippen molar-refractivity contribution in [2.24, 2.45) is 0 Å². The van der Waals surface area contributed by atoms with Gasteiger partial charge in [-0.3, -0.25) is 4.57 Å². The molecule has 5 heteroatoms. The second kappa shape index (κ2) is 5.72. The maximum atomic E-state index is 7.11. The Labute approximate surface area is 159 Å². The molecule has 1 aliphatic heterocycles. The summed E-state index contributed by atoms with van der Waals surface area (Å²) in [7, 11) is 0. The number of benzene rings is 2. The molecule has 124 valence electrons. The highest BCUT2D eigenvalue weighted by Crippen LogP contribution is 2.35. The van der Waals surface area contributed by atoms with E-state index >= 15 is 0 Å². The lowest BCUT2D eigenvalue weighted by Gasteiger charge is -2.09. The van der Waals surface area contributed by atoms with Gasteiger partial charge in [-0.05, 0) is 35.4 Å². The van der Waals surface area contributed by atoms with E-state index in [9.17, 15) is 0 Å². The third kappa shape index (κ3) is 2.31. The number of fused-ring (bicyclic) bond motifs is 5. The number of imidazole rings is 1. The molecular weight excluding hydrogens is 388 g/mol. The zero-order valence-corrected chi connectivity index (χ0v) is 15.3. The number of rotatable bonds is 1. The topological polar surface area (TPSA) is 27.1 Å². The molecule has 26 heavy (non-hydrogen) atoms. The van der Waals surface area contributed by atoms with E-state index < -0.39 is 0 Å². The molecule has 0 unspecified atom stereocenters. The van der Waals surface area contributed by atoms with Gasteiger partial charge in [0.2, 0.25) is 0 Å². The van der Waals surface area contributed by atoms with Gasteiger partial charge in [0.25, 0.3) is 0 Å². The normalized spacial score (nSPS) is 11.8. The van der Waals surface area contributed by atoms with Gasteiger partial charge in [-0.25, -0.2) is 9.83 Å². The van der Waals surface area contributed by atoms with Crippen LogP contribution in [0.4, 0.5) is 5.69 Å². The van der Waals surface area contributed by atoms with Crippen LogP contribution in [-0.2, 0) is 6.54 Å². The van der Waals surface area contributed by atoms with Crippen LogP contribution in [0.15, 0.2) is 71.6 Å². The molecule has 0 saturated carbocycles. The van der Waals surface area contributed by atoms with Crippen molar-refractivity contribution < 1.29 is 0 Å². The second-order valence-corrected chi connectivity index (χ2v) is 7.21. The van der Waals surface area contributed by atoms with E-state index in [0.717, 1.165) is 39.4 Å². The molecule has 5 rings (SSSR count). The average Bonchev–Trinajstić information content (AvgIpc) is 3.27. The summed E-state index contributed by atoms with van der Waals surface area (Å²) in [6, 6.07) is 16.2. The molecule has 0 atom stereocenters. The van der Waals surface area contributed by atoms with Crippen molar-refractivity contribution in [3.63, 3.8) is 0 Å². The summed E-state index contributed by atoms with van der Waals surface area (Å²) in [6.07, 6.45) is 6.01. The molecule has 0 radical (unpaired) electrons. The Kier molecular flexibility index (Phi) is 3.34. The molecule has 2 aromatic heterocycles. The van der Waals surface area contributed by atoms with Crippen LogP contribution in [0.3, 0.4) is 0 Å². The lowest BCUT2D eigenvalue weighted by Crippen LogP contribution is -1.99. The molecule has 0 aliphatic carbocycles. The van der Waals surface area contributed by atoms with Crippen molar-refractivity contribution in [3.8, 4) is 28.3 Å². The van der Waals surface area contributed by atoms with Crippen molar-refractivity contribution in [3.05, 3.63) is 88.6 Å². The van der Waals surface area contributed by atoms with Gasteiger partial charge in [0.1, 0.15) is 0 Å². The van der Waals surface area contributed by atoms with Crippen LogP contribution in [-0.4, -0.2) is 14.1 Å². The van der Waals surface area contributed by atoms with Gasteiger partial charge in [0, 0.05) is 35.2 Å². The van der Waals surface area contributed by atoms with Gasteiger partial charge in [0.15, 0.2) is 11.5 Å². The largest absolute Gasteiger partial charge is 0.340 e. The van der Waals surface area contributed by atoms with E-state index in [-0.39, 0.29) is 0 Å². The first-order valence-electron chi connectivity index (χ1n) is 8.23. The van der Waals surface area contributed by atoms with Crippen molar-refractivity contribution in [2.45, 2.75) is 6.54 Å². The minimum Gasteiger partial charge on any atom is -0.340 e. The number of hydrogen-bond acceptors (Lipinski definition) is 1. The van der Waals surface area contributed by atoms with E-state index in [0.29, 0.717) is 5.69 Å². The zero-order valence-electron chi connectivity index (χ0n) is 13.7. The minimum atomic E-state index is 0.656. The van der Waals surface area contributed by atoms with Crippen LogP contribution in [0.2, 0.25) is 0 Å². The maximum Gasteiger partial charge on any atom is 0.187 e. The fourth-order valence-corrected chi connectivity index (χ4v) is 3.91. The van der Waals surface area contributed by atoms with Gasteiger partial charge < -0.3 is 4.57 Å². The van der Waals surface area contributed by atoms with E-state index in [1.54, 1.807) is 0 Å². The lowest BCUT2D eigenvalue weighted by atomic mass is 10.1. The molecule has 0 spiro atoms. The summed E-state index contributed by atoms with van der Waals surface area (Å²) in [4.78, 5) is 8.07. The fraction of sp³-hybridized carbons (Fsp3) is 0.0476. The zero-order chi connectivity index (χ0) is 17.7. The van der Waals surface area contributed by atoms with Crippen LogP contribution >= 0.6 is 15.9 Å². The van der Waals surface area contributed by atoms with E-state index in [2.05, 4.69) is 65.4 Å². The summed E-state index contributed by atoms with van der Waals surface area (Å²) < 4.78 is 5.46. The van der Waals surface area contributed by atoms with Crippen LogP contribution in [0, 0.1) is 6.57 Å². The lowest BCUT2D eigenvalue weighted by molar-refractivity contribution is 0.818. The van der Waals surface area contributed by atoms with E-state index in [4.69, 9.17) is 6.57 Å². The summed E-state index contributed by atoms with van der Waals surface area (Å²) in [6.45, 7) is 7.89. The monoisotopic (exact) mass is 400 g/mol. The molecule has 0 fully saturated rings. The van der Waals surface area contributed by atoms with Crippen LogP contribution in [0.25, 0.3) is 33.2 Å². The Bertz CT molecular complexity index is 1180. The molecule has 4 aromatic rings. The number of nitrogens with zero attached hydrogens (tertiary/aromatic N) is 4. The number of aromatic nitrogens is 3. The van der Waals surface area contributed by atoms with Crippen LogP contribution in [0.5, 0.6) is 0 Å². The van der Waals surface area contributed by atoms with Gasteiger partial charge in [-0.15, -0.1) is 0 Å². The van der Waals surface area contributed by atoms with E-state index in [1.165, 1.54) is 5.56 Å². The molecular formula is C21H13BrN4. The van der Waals surface area contributed by atoms with Crippen molar-refractivity contribution >= 4 is 21.6 Å². The standard InChI is InChI=1S/C21H13BrN4/c1-23-18-5-2-14(3-6-18)15-11-20-21-24-8-9-26(21)19-7-4-17(22)10-16(19)13-25(20)12-15/h2-12H,13H2. The maximum absolute atomic E-state index is 7.11. The summed E-state index contributed by atoms with van der Waals surface area (Å²) >= 11 is 3.58.